The number of thiazole rings is 1. The summed E-state index contributed by atoms with van der Waals surface area (Å²) in [6.45, 7) is 2.25. The van der Waals surface area contributed by atoms with Crippen molar-refractivity contribution < 1.29 is 8.42 Å². The van der Waals surface area contributed by atoms with Gasteiger partial charge in [-0.2, -0.15) is 4.31 Å². The van der Waals surface area contributed by atoms with E-state index in [1.54, 1.807) is 6.92 Å². The molecule has 1 aliphatic heterocycles. The number of nitrogens with two attached hydrogens (primary N) is 1. The van der Waals surface area contributed by atoms with Crippen molar-refractivity contribution >= 4 is 27.0 Å². The van der Waals surface area contributed by atoms with Gasteiger partial charge in [0.15, 0.2) is 4.21 Å². The minimum Gasteiger partial charge on any atom is -0.398 e. The molecule has 1 aliphatic rings. The maximum absolute atomic E-state index is 12.7. The molecule has 0 radical (unpaired) electrons. The van der Waals surface area contributed by atoms with Gasteiger partial charge in [-0.05, 0) is 30.5 Å². The third-order valence-corrected chi connectivity index (χ3v) is 7.05. The number of hydrogen-bond donors (Lipinski definition) is 2. The molecule has 112 valence electrons. The Kier molecular flexibility index (Phi) is 3.39. The van der Waals surface area contributed by atoms with Gasteiger partial charge in [0.2, 0.25) is 0 Å². The van der Waals surface area contributed by atoms with Crippen molar-refractivity contribution in [3.63, 3.8) is 0 Å². The molecule has 3 rings (SSSR count). The molecule has 1 aromatic carbocycles. The van der Waals surface area contributed by atoms with Gasteiger partial charge in [0.05, 0.1) is 0 Å². The van der Waals surface area contributed by atoms with Gasteiger partial charge < -0.3 is 10.7 Å². The minimum atomic E-state index is -3.65. The number of nitrogens with one attached hydrogen (secondary N) is 1. The smallest absolute Gasteiger partial charge is 0.305 e. The summed E-state index contributed by atoms with van der Waals surface area (Å²) in [4.78, 5) is 13.5. The number of aromatic nitrogens is 1. The number of rotatable bonds is 2. The first kappa shape index (κ1) is 14.3. The van der Waals surface area contributed by atoms with E-state index in [1.807, 2.05) is 18.2 Å². The first-order chi connectivity index (χ1) is 9.89. The van der Waals surface area contributed by atoms with E-state index in [0.717, 1.165) is 22.5 Å². The number of anilines is 1. The van der Waals surface area contributed by atoms with Crippen LogP contribution in [0, 0.1) is 6.92 Å². The molecular weight excluding hydrogens is 310 g/mol. The highest BCUT2D eigenvalue weighted by molar-refractivity contribution is 7.91. The number of nitrogens with zero attached hydrogens (tertiary/aromatic N) is 1. The molecule has 0 amide bonds. The Morgan fingerprint density at radius 2 is 2.14 bits per heavy atom. The molecule has 0 saturated heterocycles. The number of nitrogen functional groups attached to an aromatic ring is 1. The molecule has 0 aliphatic carbocycles. The van der Waals surface area contributed by atoms with E-state index in [1.165, 1.54) is 4.31 Å². The van der Waals surface area contributed by atoms with Crippen LogP contribution in [0.25, 0.3) is 0 Å². The van der Waals surface area contributed by atoms with Gasteiger partial charge in [0.25, 0.3) is 10.0 Å². The number of hydrogen-bond acceptors (Lipinski definition) is 5. The molecule has 6 nitrogen and oxygen atoms in total. The molecule has 1 aromatic heterocycles. The lowest BCUT2D eigenvalue weighted by molar-refractivity contribution is 0.392. The molecule has 8 heteroatoms. The molecule has 2 heterocycles. The standard InChI is InChI=1S/C13H15N3O3S2/c1-8-12(20-13(17)15-8)21(18,19)16-6-5-10-9(7-16)3-2-4-11(10)14/h2-4H,5-7,14H2,1H3,(H,15,17). The molecule has 2 aromatic rings. The molecule has 3 N–H and O–H groups in total. The zero-order valence-electron chi connectivity index (χ0n) is 11.4. The maximum Gasteiger partial charge on any atom is 0.305 e. The number of benzene rings is 1. The Morgan fingerprint density at radius 1 is 1.38 bits per heavy atom. The van der Waals surface area contributed by atoms with Crippen LogP contribution in [0.3, 0.4) is 0 Å². The third-order valence-electron chi connectivity index (χ3n) is 3.62. The van der Waals surface area contributed by atoms with Crippen molar-refractivity contribution in [3.05, 3.63) is 44.7 Å². The normalized spacial score (nSPS) is 15.9. The molecule has 0 bridgehead atoms. The summed E-state index contributed by atoms with van der Waals surface area (Å²) in [6.07, 6.45) is 0.583. The van der Waals surface area contributed by atoms with Crippen LogP contribution in [-0.4, -0.2) is 24.3 Å². The van der Waals surface area contributed by atoms with Crippen molar-refractivity contribution in [2.45, 2.75) is 24.1 Å². The van der Waals surface area contributed by atoms with Gasteiger partial charge in [-0.1, -0.05) is 23.5 Å². The molecule has 0 unspecified atom stereocenters. The van der Waals surface area contributed by atoms with Gasteiger partial charge in [-0.3, -0.25) is 4.79 Å². The second-order valence-electron chi connectivity index (χ2n) is 5.00. The zero-order valence-corrected chi connectivity index (χ0v) is 13.1. The summed E-state index contributed by atoms with van der Waals surface area (Å²) in [5.74, 6) is 0. The Morgan fingerprint density at radius 3 is 2.81 bits per heavy atom. The molecule has 0 spiro atoms. The van der Waals surface area contributed by atoms with E-state index in [0.29, 0.717) is 24.3 Å². The Labute approximate surface area is 126 Å². The fourth-order valence-corrected chi connectivity index (χ4v) is 5.43. The number of aryl methyl sites for hydroxylation is 1. The van der Waals surface area contributed by atoms with Crippen molar-refractivity contribution in [1.29, 1.82) is 0 Å². The lowest BCUT2D eigenvalue weighted by Gasteiger charge is -2.28. The van der Waals surface area contributed by atoms with Gasteiger partial charge in [-0.25, -0.2) is 8.42 Å². The summed E-state index contributed by atoms with van der Waals surface area (Å²) in [5, 5.41) is 0. The molecule has 21 heavy (non-hydrogen) atoms. The Balaban J connectivity index is 1.99. The minimum absolute atomic E-state index is 0.0971. The Hall–Kier alpha value is -1.64. The molecule has 0 saturated carbocycles. The van der Waals surface area contributed by atoms with E-state index in [-0.39, 0.29) is 15.6 Å². The van der Waals surface area contributed by atoms with E-state index in [4.69, 9.17) is 5.73 Å². The predicted octanol–water partition coefficient (Wildman–Crippen LogP) is 1.07. The second kappa shape index (κ2) is 4.97. The summed E-state index contributed by atoms with van der Waals surface area (Å²) in [6, 6.07) is 5.54. The van der Waals surface area contributed by atoms with E-state index in [9.17, 15) is 13.2 Å². The first-order valence-electron chi connectivity index (χ1n) is 6.45. The highest BCUT2D eigenvalue weighted by atomic mass is 32.2. The molecule has 0 fully saturated rings. The van der Waals surface area contributed by atoms with Gasteiger partial charge in [0, 0.05) is 24.5 Å². The van der Waals surface area contributed by atoms with Crippen LogP contribution in [0.4, 0.5) is 5.69 Å². The maximum atomic E-state index is 12.7. The molecule has 0 atom stereocenters. The third kappa shape index (κ3) is 2.39. The van der Waals surface area contributed by atoms with Crippen LogP contribution in [-0.2, 0) is 23.0 Å². The number of aromatic amines is 1. The van der Waals surface area contributed by atoms with Crippen LogP contribution in [0.5, 0.6) is 0 Å². The summed E-state index contributed by atoms with van der Waals surface area (Å²) < 4.78 is 26.8. The predicted molar refractivity (Wildman–Crippen MR) is 81.8 cm³/mol. The fraction of sp³-hybridized carbons (Fsp3) is 0.308. The van der Waals surface area contributed by atoms with Crippen LogP contribution in [0.2, 0.25) is 0 Å². The van der Waals surface area contributed by atoms with E-state index < -0.39 is 10.0 Å². The topological polar surface area (TPSA) is 96.3 Å². The van der Waals surface area contributed by atoms with Gasteiger partial charge in [-0.15, -0.1) is 0 Å². The second-order valence-corrected chi connectivity index (χ2v) is 8.12. The number of sulfonamides is 1. The summed E-state index contributed by atoms with van der Waals surface area (Å²) in [7, 11) is -3.65. The van der Waals surface area contributed by atoms with Crippen LogP contribution in [0.1, 0.15) is 16.8 Å². The number of fused-ring (bicyclic) bond motifs is 1. The SMILES string of the molecule is Cc1[nH]c(=O)sc1S(=O)(=O)N1CCc2c(N)cccc2C1. The molecular formula is C13H15N3O3S2. The summed E-state index contributed by atoms with van der Waals surface area (Å²) in [5.41, 5.74) is 8.95. The highest BCUT2D eigenvalue weighted by Crippen LogP contribution is 2.29. The largest absolute Gasteiger partial charge is 0.398 e. The first-order valence-corrected chi connectivity index (χ1v) is 8.71. The van der Waals surface area contributed by atoms with Crippen molar-refractivity contribution in [2.24, 2.45) is 0 Å². The van der Waals surface area contributed by atoms with E-state index >= 15 is 0 Å². The average Bonchev–Trinajstić information content (AvgIpc) is 2.78. The van der Waals surface area contributed by atoms with E-state index in [2.05, 4.69) is 4.98 Å². The monoisotopic (exact) mass is 325 g/mol. The van der Waals surface area contributed by atoms with Crippen LogP contribution in [0.15, 0.2) is 27.2 Å². The lowest BCUT2D eigenvalue weighted by Crippen LogP contribution is -2.36. The van der Waals surface area contributed by atoms with Crippen LogP contribution >= 0.6 is 11.3 Å². The average molecular weight is 325 g/mol. The summed E-state index contributed by atoms with van der Waals surface area (Å²) >= 11 is 0.734. The number of H-pyrrole nitrogens is 1. The van der Waals surface area contributed by atoms with Gasteiger partial charge >= 0.3 is 4.87 Å². The zero-order chi connectivity index (χ0) is 15.2. The quantitative estimate of drug-likeness (QED) is 0.807. The Bertz CT molecular complexity index is 852. The fourth-order valence-electron chi connectivity index (χ4n) is 2.57. The van der Waals surface area contributed by atoms with Gasteiger partial charge in [0.1, 0.15) is 0 Å². The lowest BCUT2D eigenvalue weighted by atomic mass is 9.99. The van der Waals surface area contributed by atoms with Crippen LogP contribution < -0.4 is 10.6 Å². The van der Waals surface area contributed by atoms with Crippen molar-refractivity contribution in [2.75, 3.05) is 12.3 Å². The highest BCUT2D eigenvalue weighted by Gasteiger charge is 2.31. The van der Waals surface area contributed by atoms with Crippen molar-refractivity contribution in [3.8, 4) is 0 Å². The van der Waals surface area contributed by atoms with Crippen molar-refractivity contribution in [1.82, 2.24) is 9.29 Å².